The van der Waals surface area contributed by atoms with Crippen LogP contribution >= 0.6 is 0 Å². The van der Waals surface area contributed by atoms with Crippen molar-refractivity contribution in [3.05, 3.63) is 67.5 Å². The van der Waals surface area contributed by atoms with E-state index in [0.29, 0.717) is 6.42 Å². The average molecular weight is 324 g/mol. The van der Waals surface area contributed by atoms with Crippen LogP contribution in [0.1, 0.15) is 26.3 Å². The lowest BCUT2D eigenvalue weighted by atomic mass is 9.92. The molecule has 1 aromatic rings. The Morgan fingerprint density at radius 3 is 2.33 bits per heavy atom. The van der Waals surface area contributed by atoms with E-state index < -0.39 is 17.7 Å². The number of carbonyl (C=O) groups is 2. The van der Waals surface area contributed by atoms with Crippen molar-refractivity contribution in [1.29, 1.82) is 0 Å². The van der Waals surface area contributed by atoms with Gasteiger partial charge in [-0.1, -0.05) is 51.1 Å². The van der Waals surface area contributed by atoms with Crippen LogP contribution in [0.2, 0.25) is 0 Å². The number of carbonyl (C=O) groups excluding carboxylic acids is 2. The molecule has 24 heavy (non-hydrogen) atoms. The monoisotopic (exact) mass is 324 g/mol. The van der Waals surface area contributed by atoms with Gasteiger partial charge < -0.3 is 4.74 Å². The molecule has 2 atom stereocenters. The molecule has 0 aromatic heterocycles. The van der Waals surface area contributed by atoms with E-state index >= 15 is 0 Å². The Morgan fingerprint density at radius 2 is 1.75 bits per heavy atom. The van der Waals surface area contributed by atoms with Gasteiger partial charge >= 0.3 is 5.97 Å². The van der Waals surface area contributed by atoms with E-state index in [1.165, 1.54) is 0 Å². The van der Waals surface area contributed by atoms with Gasteiger partial charge in [0.05, 0.1) is 0 Å². The number of benzene rings is 1. The number of rotatable bonds is 3. The summed E-state index contributed by atoms with van der Waals surface area (Å²) in [5, 5.41) is 0. The van der Waals surface area contributed by atoms with E-state index in [0.717, 1.165) is 11.5 Å². The molecular formula is C20H22NO3. The van der Waals surface area contributed by atoms with Gasteiger partial charge in [0.15, 0.2) is 6.23 Å². The van der Waals surface area contributed by atoms with Crippen LogP contribution in [-0.2, 0) is 20.7 Å². The molecule has 1 heterocycles. The summed E-state index contributed by atoms with van der Waals surface area (Å²) in [5.41, 5.74) is 0.419. The van der Waals surface area contributed by atoms with Gasteiger partial charge in [0.25, 0.3) is 0 Å². The van der Waals surface area contributed by atoms with Crippen LogP contribution in [0.25, 0.3) is 0 Å². The molecule has 3 rings (SSSR count). The number of cyclic esters (lactones) is 1. The molecule has 125 valence electrons. The van der Waals surface area contributed by atoms with Gasteiger partial charge in [0.1, 0.15) is 6.04 Å². The van der Waals surface area contributed by atoms with Crippen molar-refractivity contribution in [3.63, 3.8) is 0 Å². The molecule has 1 saturated carbocycles. The zero-order valence-corrected chi connectivity index (χ0v) is 14.2. The van der Waals surface area contributed by atoms with E-state index in [2.05, 4.69) is 0 Å². The smallest absolute Gasteiger partial charge is 0.331 e. The van der Waals surface area contributed by atoms with Gasteiger partial charge in [0.2, 0.25) is 5.91 Å². The zero-order chi connectivity index (χ0) is 17.3. The Bertz CT molecular complexity index is 599. The first kappa shape index (κ1) is 17.0. The first-order chi connectivity index (χ1) is 11.4. The van der Waals surface area contributed by atoms with Crippen molar-refractivity contribution in [3.8, 4) is 0 Å². The fourth-order valence-corrected chi connectivity index (χ4v) is 2.96. The molecule has 2 fully saturated rings. The summed E-state index contributed by atoms with van der Waals surface area (Å²) in [6, 6.07) is 9.12. The minimum atomic E-state index is -0.645. The number of hydrogen-bond donors (Lipinski definition) is 0. The molecule has 0 N–H and O–H groups in total. The van der Waals surface area contributed by atoms with Crippen molar-refractivity contribution in [2.75, 3.05) is 0 Å². The van der Waals surface area contributed by atoms with Crippen LogP contribution in [0, 0.1) is 37.0 Å². The summed E-state index contributed by atoms with van der Waals surface area (Å²) in [7, 11) is 0. The second-order valence-electron chi connectivity index (χ2n) is 7.18. The quantitative estimate of drug-likeness (QED) is 0.803. The van der Waals surface area contributed by atoms with Crippen LogP contribution in [0.15, 0.2) is 30.3 Å². The molecule has 0 unspecified atom stereocenters. The molecule has 4 nitrogen and oxygen atoms in total. The summed E-state index contributed by atoms with van der Waals surface area (Å²) >= 11 is 0. The van der Waals surface area contributed by atoms with Gasteiger partial charge in [-0.3, -0.25) is 9.69 Å². The molecule has 4 heteroatoms. The normalized spacial score (nSPS) is 25.1. The standard InChI is InChI=1S/C20H22NO3/c1-20(2,3)19(23)21-16(13-14-9-5-4-6-10-14)18(22)24-17(21)15-11-7-8-12-15/h4-12,16-17H,13H2,1-3H3/t16-,17+/m0/s1. The number of nitrogens with zero attached hydrogens (tertiary/aromatic N) is 1. The molecular weight excluding hydrogens is 302 g/mol. The minimum Gasteiger partial charge on any atom is -0.439 e. The van der Waals surface area contributed by atoms with Crippen molar-refractivity contribution in [2.24, 2.45) is 5.41 Å². The molecule has 1 amide bonds. The third-order valence-corrected chi connectivity index (χ3v) is 4.21. The van der Waals surface area contributed by atoms with Crippen LogP contribution in [0.4, 0.5) is 0 Å². The van der Waals surface area contributed by atoms with Crippen molar-refractivity contribution in [2.45, 2.75) is 39.5 Å². The molecule has 0 bridgehead atoms. The lowest BCUT2D eigenvalue weighted by Gasteiger charge is -2.34. The maximum Gasteiger partial charge on any atom is 0.331 e. The highest BCUT2D eigenvalue weighted by molar-refractivity contribution is 5.90. The summed E-state index contributed by atoms with van der Waals surface area (Å²) in [6.07, 6.45) is 7.34. The Hall–Kier alpha value is -1.84. The largest absolute Gasteiger partial charge is 0.439 e. The third kappa shape index (κ3) is 3.33. The van der Waals surface area contributed by atoms with Gasteiger partial charge in [0, 0.05) is 17.8 Å². The van der Waals surface area contributed by atoms with Crippen molar-refractivity contribution < 1.29 is 14.3 Å². The van der Waals surface area contributed by atoms with Crippen LogP contribution in [-0.4, -0.2) is 29.0 Å². The summed E-state index contributed by atoms with van der Waals surface area (Å²) < 4.78 is 5.59. The van der Waals surface area contributed by atoms with Crippen molar-refractivity contribution in [1.82, 2.24) is 4.90 Å². The highest BCUT2D eigenvalue weighted by Crippen LogP contribution is 2.37. The third-order valence-electron chi connectivity index (χ3n) is 4.21. The summed E-state index contributed by atoms with van der Waals surface area (Å²) in [6.45, 7) is 5.58. The van der Waals surface area contributed by atoms with E-state index in [1.807, 2.05) is 76.8 Å². The summed E-state index contributed by atoms with van der Waals surface area (Å²) in [4.78, 5) is 27.1. The Morgan fingerprint density at radius 1 is 1.12 bits per heavy atom. The second-order valence-corrected chi connectivity index (χ2v) is 7.18. The van der Waals surface area contributed by atoms with E-state index in [1.54, 1.807) is 4.90 Å². The lowest BCUT2D eigenvalue weighted by molar-refractivity contribution is -0.145. The fraction of sp³-hybridized carbons (Fsp3) is 0.350. The lowest BCUT2D eigenvalue weighted by Crippen LogP contribution is -2.50. The van der Waals surface area contributed by atoms with E-state index in [9.17, 15) is 9.59 Å². The van der Waals surface area contributed by atoms with Crippen LogP contribution < -0.4 is 0 Å². The molecule has 2 aliphatic rings. The van der Waals surface area contributed by atoms with Gasteiger partial charge in [-0.15, -0.1) is 0 Å². The Balaban J connectivity index is 1.89. The number of amides is 1. The Kier molecular flexibility index (Phi) is 4.66. The van der Waals surface area contributed by atoms with Crippen LogP contribution in [0.3, 0.4) is 0 Å². The molecule has 5 radical (unpaired) electrons. The minimum absolute atomic E-state index is 0.0829. The molecule has 1 saturated heterocycles. The Labute approximate surface area is 144 Å². The average Bonchev–Trinajstić information content (AvgIpc) is 3.16. The van der Waals surface area contributed by atoms with E-state index in [-0.39, 0.29) is 11.9 Å². The first-order valence-corrected chi connectivity index (χ1v) is 8.17. The van der Waals surface area contributed by atoms with Gasteiger partial charge in [-0.05, 0) is 31.2 Å². The predicted octanol–water partition coefficient (Wildman–Crippen LogP) is 2.76. The van der Waals surface area contributed by atoms with E-state index in [4.69, 9.17) is 4.74 Å². The topological polar surface area (TPSA) is 46.6 Å². The van der Waals surface area contributed by atoms with Gasteiger partial charge in [-0.2, -0.15) is 0 Å². The van der Waals surface area contributed by atoms with Crippen molar-refractivity contribution >= 4 is 11.9 Å². The highest BCUT2D eigenvalue weighted by atomic mass is 16.6. The number of ether oxygens (including phenoxy) is 1. The van der Waals surface area contributed by atoms with Gasteiger partial charge in [-0.25, -0.2) is 4.79 Å². The second kappa shape index (κ2) is 6.58. The maximum atomic E-state index is 13.0. The highest BCUT2D eigenvalue weighted by Gasteiger charge is 2.50. The molecule has 1 aromatic carbocycles. The zero-order valence-electron chi connectivity index (χ0n) is 14.2. The maximum absolute atomic E-state index is 13.0. The number of esters is 1. The first-order valence-electron chi connectivity index (χ1n) is 8.17. The SMILES string of the molecule is CC(C)(C)C(=O)N1[C@@H]([C]2[CH][CH][CH][CH]2)OC(=O)[C@@H]1Cc1ccccc1. The fourth-order valence-electron chi connectivity index (χ4n) is 2.96. The summed E-state index contributed by atoms with van der Waals surface area (Å²) in [5.74, 6) is 0.402. The molecule has 1 aliphatic carbocycles. The number of hydrogen-bond acceptors (Lipinski definition) is 3. The molecule has 0 spiro atoms. The van der Waals surface area contributed by atoms with Crippen LogP contribution in [0.5, 0.6) is 0 Å². The predicted molar refractivity (Wildman–Crippen MR) is 90.6 cm³/mol. The molecule has 1 aliphatic heterocycles.